The molecule has 0 spiro atoms. The maximum atomic E-state index is 5.64. The quantitative estimate of drug-likeness (QED) is 0.884. The first-order chi connectivity index (χ1) is 9.17. The summed E-state index contributed by atoms with van der Waals surface area (Å²) in [7, 11) is 3.69. The van der Waals surface area contributed by atoms with Gasteiger partial charge in [0, 0.05) is 12.7 Å². The van der Waals surface area contributed by atoms with Gasteiger partial charge in [-0.25, -0.2) is 9.97 Å². The molecule has 2 aromatic rings. The van der Waals surface area contributed by atoms with Crippen LogP contribution < -0.4 is 10.5 Å². The molecule has 0 aliphatic rings. The molecule has 0 saturated heterocycles. The second-order valence-corrected chi connectivity index (χ2v) is 4.42. The first kappa shape index (κ1) is 13.3. The number of ether oxygens (including phenoxy) is 1. The van der Waals surface area contributed by atoms with Crippen LogP contribution in [0.25, 0.3) is 0 Å². The molecule has 5 nitrogen and oxygen atoms in total. The van der Waals surface area contributed by atoms with Crippen molar-refractivity contribution in [3.63, 3.8) is 0 Å². The average molecular weight is 258 g/mol. The fourth-order valence-corrected chi connectivity index (χ4v) is 1.83. The van der Waals surface area contributed by atoms with Gasteiger partial charge in [-0.1, -0.05) is 12.1 Å². The molecule has 19 heavy (non-hydrogen) atoms. The van der Waals surface area contributed by atoms with Gasteiger partial charge in [-0.05, 0) is 30.8 Å². The summed E-state index contributed by atoms with van der Waals surface area (Å²) in [6, 6.07) is 9.71. The zero-order valence-corrected chi connectivity index (χ0v) is 11.2. The number of nitrogen functional groups attached to an aromatic ring is 1. The molecule has 1 heterocycles. The van der Waals surface area contributed by atoms with Crippen LogP contribution in [-0.4, -0.2) is 29.0 Å². The van der Waals surface area contributed by atoms with Crippen LogP contribution in [0.1, 0.15) is 11.4 Å². The molecule has 0 amide bonds. The van der Waals surface area contributed by atoms with Crippen LogP contribution >= 0.6 is 0 Å². The first-order valence-electron chi connectivity index (χ1n) is 6.06. The molecule has 0 aliphatic heterocycles. The van der Waals surface area contributed by atoms with Crippen molar-refractivity contribution < 1.29 is 4.74 Å². The van der Waals surface area contributed by atoms with Crippen LogP contribution in [0.4, 0.5) is 5.82 Å². The van der Waals surface area contributed by atoms with E-state index in [4.69, 9.17) is 10.5 Å². The molecule has 1 aromatic heterocycles. The van der Waals surface area contributed by atoms with Crippen molar-refractivity contribution in [1.82, 2.24) is 14.9 Å². The summed E-state index contributed by atoms with van der Waals surface area (Å²) in [5.74, 6) is 2.10. The van der Waals surface area contributed by atoms with Crippen LogP contribution in [0.5, 0.6) is 5.75 Å². The zero-order chi connectivity index (χ0) is 13.7. The van der Waals surface area contributed by atoms with E-state index >= 15 is 0 Å². The highest BCUT2D eigenvalue weighted by Crippen LogP contribution is 2.13. The number of hydrogen-bond acceptors (Lipinski definition) is 5. The first-order valence-corrected chi connectivity index (χ1v) is 6.06. The predicted octanol–water partition coefficient (Wildman–Crippen LogP) is 1.70. The largest absolute Gasteiger partial charge is 0.497 e. The summed E-state index contributed by atoms with van der Waals surface area (Å²) in [5, 5.41) is 0. The molecule has 0 atom stereocenters. The summed E-state index contributed by atoms with van der Waals surface area (Å²) in [6.07, 6.45) is 1.68. The molecule has 0 unspecified atom stereocenters. The van der Waals surface area contributed by atoms with E-state index in [1.54, 1.807) is 19.4 Å². The van der Waals surface area contributed by atoms with Crippen molar-refractivity contribution in [3.8, 4) is 5.75 Å². The van der Waals surface area contributed by atoms with Gasteiger partial charge < -0.3 is 10.5 Å². The Morgan fingerprint density at radius 1 is 1.16 bits per heavy atom. The molecule has 5 heteroatoms. The summed E-state index contributed by atoms with van der Waals surface area (Å²) >= 11 is 0. The van der Waals surface area contributed by atoms with Crippen molar-refractivity contribution in [2.45, 2.75) is 13.1 Å². The number of hydrogen-bond donors (Lipinski definition) is 1. The number of nitrogens with two attached hydrogens (primary N) is 1. The Bertz CT molecular complexity index is 527. The number of aromatic nitrogens is 2. The zero-order valence-electron chi connectivity index (χ0n) is 11.2. The van der Waals surface area contributed by atoms with Crippen molar-refractivity contribution in [2.24, 2.45) is 0 Å². The maximum absolute atomic E-state index is 5.64. The lowest BCUT2D eigenvalue weighted by atomic mass is 10.2. The fourth-order valence-electron chi connectivity index (χ4n) is 1.83. The summed E-state index contributed by atoms with van der Waals surface area (Å²) in [6.45, 7) is 1.49. The number of methoxy groups -OCH3 is 1. The van der Waals surface area contributed by atoms with Crippen LogP contribution in [0.15, 0.2) is 36.5 Å². The molecule has 2 N–H and O–H groups in total. The normalized spacial score (nSPS) is 10.7. The number of anilines is 1. The van der Waals surface area contributed by atoms with Crippen molar-refractivity contribution in [1.29, 1.82) is 0 Å². The van der Waals surface area contributed by atoms with Gasteiger partial charge in [0.05, 0.1) is 13.7 Å². The molecular weight excluding hydrogens is 240 g/mol. The lowest BCUT2D eigenvalue weighted by Gasteiger charge is -2.16. The van der Waals surface area contributed by atoms with Gasteiger partial charge in [0.1, 0.15) is 17.4 Å². The Labute approximate surface area is 113 Å². The molecule has 0 radical (unpaired) electrons. The van der Waals surface area contributed by atoms with E-state index in [1.807, 2.05) is 19.2 Å². The highest BCUT2D eigenvalue weighted by molar-refractivity contribution is 5.27. The molecule has 2 rings (SSSR count). The molecule has 1 aromatic carbocycles. The summed E-state index contributed by atoms with van der Waals surface area (Å²) in [5.41, 5.74) is 6.85. The van der Waals surface area contributed by atoms with Crippen LogP contribution in [0.3, 0.4) is 0 Å². The lowest BCUT2D eigenvalue weighted by molar-refractivity contribution is 0.310. The molecular formula is C14H18N4O. The molecule has 0 fully saturated rings. The smallest absolute Gasteiger partial charge is 0.144 e. The highest BCUT2D eigenvalue weighted by Gasteiger charge is 2.04. The second kappa shape index (κ2) is 6.15. The van der Waals surface area contributed by atoms with Gasteiger partial charge in [0.2, 0.25) is 0 Å². The standard InChI is InChI=1S/C14H18N4O/c1-18(10-14-16-8-7-13(15)17-14)9-11-3-5-12(19-2)6-4-11/h3-8H,9-10H2,1-2H3,(H2,15,16,17). The van der Waals surface area contributed by atoms with E-state index < -0.39 is 0 Å². The third kappa shape index (κ3) is 3.93. The van der Waals surface area contributed by atoms with Gasteiger partial charge in [-0.2, -0.15) is 0 Å². The van der Waals surface area contributed by atoms with Gasteiger partial charge in [0.25, 0.3) is 0 Å². The summed E-state index contributed by atoms with van der Waals surface area (Å²) in [4.78, 5) is 10.5. The maximum Gasteiger partial charge on any atom is 0.144 e. The Morgan fingerprint density at radius 3 is 2.53 bits per heavy atom. The molecule has 0 saturated carbocycles. The topological polar surface area (TPSA) is 64.3 Å². The molecule has 100 valence electrons. The molecule has 0 bridgehead atoms. The highest BCUT2D eigenvalue weighted by atomic mass is 16.5. The van der Waals surface area contributed by atoms with Crippen molar-refractivity contribution in [3.05, 3.63) is 47.9 Å². The predicted molar refractivity (Wildman–Crippen MR) is 74.6 cm³/mol. The SMILES string of the molecule is COc1ccc(CN(C)Cc2nccc(N)n2)cc1. The minimum atomic E-state index is 0.503. The minimum absolute atomic E-state index is 0.503. The van der Waals surface area contributed by atoms with E-state index in [1.165, 1.54) is 5.56 Å². The van der Waals surface area contributed by atoms with Crippen molar-refractivity contribution >= 4 is 5.82 Å². The van der Waals surface area contributed by atoms with Gasteiger partial charge in [0.15, 0.2) is 0 Å². The number of nitrogens with zero attached hydrogens (tertiary/aromatic N) is 3. The van der Waals surface area contributed by atoms with E-state index in [9.17, 15) is 0 Å². The van der Waals surface area contributed by atoms with Gasteiger partial charge in [-0.15, -0.1) is 0 Å². The Morgan fingerprint density at radius 2 is 1.89 bits per heavy atom. The van der Waals surface area contributed by atoms with E-state index in [0.29, 0.717) is 12.4 Å². The average Bonchev–Trinajstić information content (AvgIpc) is 2.39. The molecule has 0 aliphatic carbocycles. The minimum Gasteiger partial charge on any atom is -0.497 e. The van der Waals surface area contributed by atoms with Crippen LogP contribution in [0.2, 0.25) is 0 Å². The van der Waals surface area contributed by atoms with Gasteiger partial charge in [-0.3, -0.25) is 4.90 Å². The Kier molecular flexibility index (Phi) is 4.30. The van der Waals surface area contributed by atoms with E-state index in [2.05, 4.69) is 27.0 Å². The Balaban J connectivity index is 1.95. The second-order valence-electron chi connectivity index (χ2n) is 4.42. The van der Waals surface area contributed by atoms with Crippen LogP contribution in [-0.2, 0) is 13.1 Å². The van der Waals surface area contributed by atoms with Crippen LogP contribution in [0, 0.1) is 0 Å². The third-order valence-corrected chi connectivity index (χ3v) is 2.75. The third-order valence-electron chi connectivity index (χ3n) is 2.75. The van der Waals surface area contributed by atoms with Crippen molar-refractivity contribution in [2.75, 3.05) is 19.9 Å². The monoisotopic (exact) mass is 258 g/mol. The van der Waals surface area contributed by atoms with Gasteiger partial charge >= 0.3 is 0 Å². The fraction of sp³-hybridized carbons (Fsp3) is 0.286. The summed E-state index contributed by atoms with van der Waals surface area (Å²) < 4.78 is 5.14. The number of benzene rings is 1. The van der Waals surface area contributed by atoms with E-state index in [-0.39, 0.29) is 0 Å². The lowest BCUT2D eigenvalue weighted by Crippen LogP contribution is -2.19. The van der Waals surface area contributed by atoms with E-state index in [0.717, 1.165) is 18.1 Å². The number of rotatable bonds is 5. The Hall–Kier alpha value is -2.14.